The van der Waals surface area contributed by atoms with Crippen molar-refractivity contribution in [1.29, 1.82) is 0 Å². The summed E-state index contributed by atoms with van der Waals surface area (Å²) in [5.74, 6) is 0.587. The summed E-state index contributed by atoms with van der Waals surface area (Å²) in [6, 6.07) is 0. The Morgan fingerprint density at radius 2 is 2.00 bits per heavy atom. The molecule has 1 rings (SSSR count). The molecule has 1 N–H and O–H groups in total. The molecule has 0 bridgehead atoms. The summed E-state index contributed by atoms with van der Waals surface area (Å²) >= 11 is -1.52. The van der Waals surface area contributed by atoms with Gasteiger partial charge in [-0.2, -0.15) is 0 Å². The second kappa shape index (κ2) is 12.8. The molecule has 0 saturated carbocycles. The number of nitrogens with one attached hydrogen (secondary N) is 1. The summed E-state index contributed by atoms with van der Waals surface area (Å²) in [5, 5.41) is 0. The average Bonchev–Trinajstić information content (AvgIpc) is 2.82. The van der Waals surface area contributed by atoms with Crippen LogP contribution in [0.4, 0.5) is 0 Å². The Balaban J connectivity index is 0. The summed E-state index contributed by atoms with van der Waals surface area (Å²) in [5.41, 5.74) is 1.38. The van der Waals surface area contributed by atoms with E-state index in [2.05, 4.69) is 49.8 Å². The Labute approximate surface area is 156 Å². The maximum atomic E-state index is 12.5. The number of halogens is 2. The molecule has 0 saturated heterocycles. The van der Waals surface area contributed by atoms with E-state index in [0.717, 1.165) is 19.3 Å². The first-order valence-electron chi connectivity index (χ1n) is 8.04. The van der Waals surface area contributed by atoms with Crippen LogP contribution in [0.1, 0.15) is 52.9 Å². The van der Waals surface area contributed by atoms with E-state index in [0.29, 0.717) is 5.91 Å². The Kier molecular flexibility index (Phi) is 14.4. The van der Waals surface area contributed by atoms with Crippen LogP contribution in [-0.2, 0) is 22.2 Å². The first-order chi connectivity index (χ1) is 9.49. The number of allylic oxidation sites excluding steroid dienone is 4. The van der Waals surface area contributed by atoms with Crippen LogP contribution in [0.25, 0.3) is 0 Å². The molecule has 0 aromatic heterocycles. The third-order valence-corrected chi connectivity index (χ3v) is 15.1. The molecule has 22 heavy (non-hydrogen) atoms. The summed E-state index contributed by atoms with van der Waals surface area (Å²) in [6.45, 7) is 10.5. The van der Waals surface area contributed by atoms with E-state index in [4.69, 9.17) is 0 Å². The molecule has 0 aromatic rings. The molecule has 127 valence electrons. The van der Waals surface area contributed by atoms with Crippen LogP contribution in [0.3, 0.4) is 0 Å². The van der Waals surface area contributed by atoms with Gasteiger partial charge < -0.3 is 24.8 Å². The van der Waals surface area contributed by atoms with Crippen LogP contribution < -0.4 is 28.6 Å². The summed E-state index contributed by atoms with van der Waals surface area (Å²) in [7, 11) is 0. The zero-order chi connectivity index (χ0) is 15.1. The number of hydrogen-bond donors (Lipinski definition) is 1. The Hall–Kier alpha value is 0.461. The number of amides is 1. The maximum Gasteiger partial charge on any atom is -1.00 e. The molecule has 1 atom stereocenters. The van der Waals surface area contributed by atoms with Gasteiger partial charge in [0.25, 0.3) is 0 Å². The molecule has 1 amide bonds. The van der Waals surface area contributed by atoms with Crippen molar-refractivity contribution >= 4 is 12.6 Å². The van der Waals surface area contributed by atoms with Gasteiger partial charge in [0, 0.05) is 0 Å². The minimum absolute atomic E-state index is 0. The van der Waals surface area contributed by atoms with E-state index in [-0.39, 0.29) is 30.7 Å². The van der Waals surface area contributed by atoms with E-state index < -0.39 is 24.0 Å². The fourth-order valence-corrected chi connectivity index (χ4v) is 12.0. The molecule has 0 fully saturated rings. The summed E-state index contributed by atoms with van der Waals surface area (Å²) in [6.07, 6.45) is 10.1. The third-order valence-electron chi connectivity index (χ3n) is 4.00. The monoisotopic (exact) mass is 398 g/mol. The number of hydrogen-bond acceptors (Lipinski definition) is 1. The minimum atomic E-state index is -1.52. The van der Waals surface area contributed by atoms with Gasteiger partial charge in [-0.05, 0) is 0 Å². The van der Waals surface area contributed by atoms with E-state index in [1.807, 2.05) is 0 Å². The van der Waals surface area contributed by atoms with E-state index >= 15 is 0 Å². The van der Waals surface area contributed by atoms with Gasteiger partial charge in [-0.3, -0.25) is 0 Å². The van der Waals surface area contributed by atoms with Crippen LogP contribution in [0.2, 0.25) is 13.1 Å². The molecule has 0 radical (unpaired) electrons. The smallest absolute Gasteiger partial charge is 1.00 e. The van der Waals surface area contributed by atoms with Crippen LogP contribution in [-0.4, -0.2) is 12.6 Å². The van der Waals surface area contributed by atoms with Crippen LogP contribution in [0, 0.1) is 5.92 Å². The standard InChI is InChI=1S/C8H17NO.C6H7.C2H7Si.2ClH.Ti/c1-3-5-6-7(4-2)8(9)10;1-6-4-2-3-5-6;1-3-2;;;/h7H,3-6H2,1-2H3,(H2,9,10);4-5H,2H2,1H3;3H,1-2H3;2*1H;/q;;;;;+3/p-3. The van der Waals surface area contributed by atoms with E-state index in [9.17, 15) is 4.79 Å². The summed E-state index contributed by atoms with van der Waals surface area (Å²) in [4.78, 5) is 12.5. The predicted molar refractivity (Wildman–Crippen MR) is 86.8 cm³/mol. The van der Waals surface area contributed by atoms with Crippen molar-refractivity contribution in [3.8, 4) is 0 Å². The van der Waals surface area contributed by atoms with Crippen LogP contribution in [0.15, 0.2) is 21.6 Å². The van der Waals surface area contributed by atoms with E-state index in [1.54, 1.807) is 3.88 Å². The quantitative estimate of drug-likeness (QED) is 0.474. The molecule has 1 aliphatic carbocycles. The number of rotatable bonds is 8. The van der Waals surface area contributed by atoms with Gasteiger partial charge in [-0.15, -0.1) is 0 Å². The minimum Gasteiger partial charge on any atom is -1.00 e. The van der Waals surface area contributed by atoms with Crippen molar-refractivity contribution < 1.29 is 47.0 Å². The molecule has 1 unspecified atom stereocenters. The topological polar surface area (TPSA) is 29.1 Å². The van der Waals surface area contributed by atoms with Gasteiger partial charge in [-0.1, -0.05) is 0 Å². The SMILES string of the molecule is CCCCC(CC)C(=O)[NH][Ti+2]([C]1=CC(C)=CC1)[SiH](C)C.[Cl-].[Cl-]. The van der Waals surface area contributed by atoms with Crippen LogP contribution >= 0.6 is 0 Å². The first kappa shape index (κ1) is 24.7. The van der Waals surface area contributed by atoms with Gasteiger partial charge in [-0.25, -0.2) is 0 Å². The Morgan fingerprint density at radius 3 is 2.41 bits per heavy atom. The first-order valence-corrected chi connectivity index (χ1v) is 15.2. The third kappa shape index (κ3) is 7.83. The molecular formula is C16H30Cl2NOSiTi. The molecule has 0 aliphatic heterocycles. The normalized spacial score (nSPS) is 14.5. The molecule has 6 heteroatoms. The predicted octanol–water partition coefficient (Wildman–Crippen LogP) is -1.92. The average molecular weight is 399 g/mol. The maximum absolute atomic E-state index is 12.5. The molecule has 2 nitrogen and oxygen atoms in total. The van der Waals surface area contributed by atoms with Crippen molar-refractivity contribution in [2.45, 2.75) is 66.0 Å². The molecule has 0 aromatic carbocycles. The zero-order valence-electron chi connectivity index (χ0n) is 14.5. The Morgan fingerprint density at radius 1 is 1.36 bits per heavy atom. The molecular weight excluding hydrogens is 369 g/mol. The van der Waals surface area contributed by atoms with Crippen molar-refractivity contribution in [1.82, 2.24) is 3.80 Å². The number of carbonyl (C=O) groups excluding carboxylic acids is 1. The number of unbranched alkanes of at least 4 members (excludes halogenated alkanes) is 1. The van der Waals surface area contributed by atoms with Gasteiger partial charge in [0.2, 0.25) is 0 Å². The van der Waals surface area contributed by atoms with Gasteiger partial charge in [0.15, 0.2) is 0 Å². The van der Waals surface area contributed by atoms with Crippen molar-refractivity contribution in [3.05, 3.63) is 21.6 Å². The van der Waals surface area contributed by atoms with Gasteiger partial charge in [0.05, 0.1) is 0 Å². The molecule has 1 aliphatic rings. The largest absolute Gasteiger partial charge is 1.00 e. The van der Waals surface area contributed by atoms with Gasteiger partial charge >= 0.3 is 132 Å². The van der Waals surface area contributed by atoms with E-state index in [1.165, 1.54) is 18.4 Å². The van der Waals surface area contributed by atoms with Crippen molar-refractivity contribution in [3.63, 3.8) is 0 Å². The fraction of sp³-hybridized carbons (Fsp3) is 0.688. The number of carbonyl (C=O) groups is 1. The van der Waals surface area contributed by atoms with Crippen molar-refractivity contribution in [2.24, 2.45) is 5.92 Å². The van der Waals surface area contributed by atoms with Crippen molar-refractivity contribution in [2.75, 3.05) is 0 Å². The summed E-state index contributed by atoms with van der Waals surface area (Å²) < 4.78 is 5.11. The van der Waals surface area contributed by atoms with Gasteiger partial charge in [0.1, 0.15) is 0 Å². The zero-order valence-corrected chi connectivity index (χ0v) is 18.7. The Bertz CT molecular complexity index is 400. The molecule has 0 heterocycles. The second-order valence-electron chi connectivity index (χ2n) is 6.13. The fourth-order valence-electron chi connectivity index (χ4n) is 2.65. The molecule has 0 spiro atoms. The second-order valence-corrected chi connectivity index (χ2v) is 18.9. The van der Waals surface area contributed by atoms with Crippen LogP contribution in [0.5, 0.6) is 0 Å².